The van der Waals surface area contributed by atoms with Crippen molar-refractivity contribution in [1.82, 2.24) is 5.32 Å². The van der Waals surface area contributed by atoms with Crippen LogP contribution >= 0.6 is 11.6 Å². The van der Waals surface area contributed by atoms with E-state index < -0.39 is 6.10 Å². The molecule has 2 aliphatic heterocycles. The average molecular weight is 659 g/mol. The number of rotatable bonds is 16. The van der Waals surface area contributed by atoms with Gasteiger partial charge in [0.1, 0.15) is 36.4 Å². The molecule has 9 nitrogen and oxygen atoms in total. The number of methoxy groups -OCH3 is 1. The standard InChI is InChI=1S/C36H51ClN2O7/c1-3-4-5-7-35(40)46-34-24-38-23-33(36(34)45-30-15-13-29(14-16-30)44-28-11-9-27(37)10-12-28)43-25-26-8-17-32-31(22-26)39(19-21-42-32)18-6-20-41-2/h8-12,17,22,29-30,33-34,36,38H,3-7,13-16,18-21,23-25H2,1-2H3. The monoisotopic (exact) mass is 658 g/mol. The summed E-state index contributed by atoms with van der Waals surface area (Å²) in [5.74, 6) is 1.57. The first-order valence-corrected chi connectivity index (χ1v) is 17.5. The van der Waals surface area contributed by atoms with Gasteiger partial charge in [-0.25, -0.2) is 0 Å². The molecule has 0 bridgehead atoms. The van der Waals surface area contributed by atoms with Gasteiger partial charge in [0.15, 0.2) is 0 Å². The lowest BCUT2D eigenvalue weighted by Crippen LogP contribution is -2.58. The fourth-order valence-electron chi connectivity index (χ4n) is 6.48. The largest absolute Gasteiger partial charge is 0.490 e. The van der Waals surface area contributed by atoms with Crippen LogP contribution in [0, 0.1) is 0 Å². The van der Waals surface area contributed by atoms with Gasteiger partial charge < -0.3 is 38.6 Å². The van der Waals surface area contributed by atoms with Crippen molar-refractivity contribution in [3.8, 4) is 11.5 Å². The van der Waals surface area contributed by atoms with Crippen LogP contribution in [0.15, 0.2) is 42.5 Å². The number of fused-ring (bicyclic) bond motifs is 1. The summed E-state index contributed by atoms with van der Waals surface area (Å²) in [5.41, 5.74) is 2.16. The van der Waals surface area contributed by atoms with E-state index in [1.165, 1.54) is 0 Å². The highest BCUT2D eigenvalue weighted by molar-refractivity contribution is 6.30. The number of carbonyl (C=O) groups excluding carboxylic acids is 1. The van der Waals surface area contributed by atoms with Crippen LogP contribution in [0.1, 0.15) is 70.3 Å². The van der Waals surface area contributed by atoms with E-state index in [1.807, 2.05) is 30.3 Å². The SMILES string of the molecule is CCCCCC(=O)OC1CNCC(OCc2ccc3c(c2)N(CCCOC)CCO3)C1OC1CCC(Oc2ccc(Cl)cc2)CC1. The highest BCUT2D eigenvalue weighted by atomic mass is 35.5. The summed E-state index contributed by atoms with van der Waals surface area (Å²) in [6.45, 7) is 6.89. The molecule has 1 saturated carbocycles. The molecule has 3 atom stereocenters. The molecule has 46 heavy (non-hydrogen) atoms. The summed E-state index contributed by atoms with van der Waals surface area (Å²) in [4.78, 5) is 15.2. The number of benzene rings is 2. The second-order valence-corrected chi connectivity index (χ2v) is 13.0. The van der Waals surface area contributed by atoms with Crippen molar-refractivity contribution >= 4 is 23.3 Å². The maximum atomic E-state index is 12.8. The van der Waals surface area contributed by atoms with Gasteiger partial charge in [-0.05, 0) is 80.5 Å². The number of nitrogens with zero attached hydrogens (tertiary/aromatic N) is 1. The fraction of sp³-hybridized carbons (Fsp3) is 0.639. The summed E-state index contributed by atoms with van der Waals surface area (Å²) in [6, 6.07) is 13.8. The molecule has 2 aromatic rings. The lowest BCUT2D eigenvalue weighted by Gasteiger charge is -2.41. The molecule has 1 saturated heterocycles. The van der Waals surface area contributed by atoms with Crippen molar-refractivity contribution < 1.29 is 33.2 Å². The Morgan fingerprint density at radius 2 is 1.78 bits per heavy atom. The molecular weight excluding hydrogens is 608 g/mol. The predicted molar refractivity (Wildman–Crippen MR) is 179 cm³/mol. The molecule has 3 unspecified atom stereocenters. The smallest absolute Gasteiger partial charge is 0.306 e. The Kier molecular flexibility index (Phi) is 13.7. The van der Waals surface area contributed by atoms with Gasteiger partial charge in [-0.1, -0.05) is 37.4 Å². The van der Waals surface area contributed by atoms with E-state index >= 15 is 0 Å². The number of halogens is 1. The Labute approximate surface area is 279 Å². The number of anilines is 1. The van der Waals surface area contributed by atoms with Crippen molar-refractivity contribution in [2.24, 2.45) is 0 Å². The average Bonchev–Trinajstić information content (AvgIpc) is 3.07. The predicted octanol–water partition coefficient (Wildman–Crippen LogP) is 6.33. The number of unbranched alkanes of at least 4 members (excludes halogenated alkanes) is 2. The summed E-state index contributed by atoms with van der Waals surface area (Å²) >= 11 is 6.04. The third-order valence-electron chi connectivity index (χ3n) is 9.00. The molecule has 1 aliphatic carbocycles. The first-order valence-electron chi connectivity index (χ1n) is 17.1. The van der Waals surface area contributed by atoms with E-state index in [9.17, 15) is 4.79 Å². The van der Waals surface area contributed by atoms with Gasteiger partial charge in [-0.15, -0.1) is 0 Å². The van der Waals surface area contributed by atoms with Crippen LogP contribution in [0.3, 0.4) is 0 Å². The van der Waals surface area contributed by atoms with E-state index in [-0.39, 0.29) is 30.4 Å². The van der Waals surface area contributed by atoms with Crippen molar-refractivity contribution in [2.75, 3.05) is 51.4 Å². The van der Waals surface area contributed by atoms with Gasteiger partial charge in [0.05, 0.1) is 31.0 Å². The molecule has 10 heteroatoms. The van der Waals surface area contributed by atoms with E-state index in [4.69, 9.17) is 40.0 Å². The van der Waals surface area contributed by atoms with Crippen molar-refractivity contribution in [1.29, 1.82) is 0 Å². The maximum Gasteiger partial charge on any atom is 0.306 e. The van der Waals surface area contributed by atoms with E-state index in [2.05, 4.69) is 29.3 Å². The molecular formula is C36H51ClN2O7. The topological polar surface area (TPSA) is 87.7 Å². The lowest BCUT2D eigenvalue weighted by molar-refractivity contribution is -0.189. The summed E-state index contributed by atoms with van der Waals surface area (Å²) in [7, 11) is 1.74. The van der Waals surface area contributed by atoms with Crippen LogP contribution in [-0.2, 0) is 30.3 Å². The number of hydrogen-bond donors (Lipinski definition) is 1. The molecule has 1 N–H and O–H groups in total. The number of ether oxygens (including phenoxy) is 6. The molecule has 5 rings (SSSR count). The van der Waals surface area contributed by atoms with Crippen LogP contribution in [0.5, 0.6) is 11.5 Å². The Hall–Kier alpha value is -2.56. The highest BCUT2D eigenvalue weighted by Crippen LogP contribution is 2.34. The fourth-order valence-corrected chi connectivity index (χ4v) is 6.61. The summed E-state index contributed by atoms with van der Waals surface area (Å²) in [6.07, 6.45) is 6.95. The number of piperidine rings is 1. The Morgan fingerprint density at radius 3 is 2.57 bits per heavy atom. The van der Waals surface area contributed by atoms with E-state index in [1.54, 1.807) is 7.11 Å². The van der Waals surface area contributed by atoms with E-state index in [0.29, 0.717) is 37.7 Å². The van der Waals surface area contributed by atoms with Gasteiger partial charge in [-0.2, -0.15) is 0 Å². The van der Waals surface area contributed by atoms with Crippen molar-refractivity contribution in [2.45, 2.75) is 102 Å². The van der Waals surface area contributed by atoms with Crippen LogP contribution < -0.4 is 19.7 Å². The van der Waals surface area contributed by atoms with E-state index in [0.717, 1.165) is 93.8 Å². The molecule has 2 fully saturated rings. The van der Waals surface area contributed by atoms with Crippen LogP contribution in [0.2, 0.25) is 5.02 Å². The first-order chi connectivity index (χ1) is 22.5. The summed E-state index contributed by atoms with van der Waals surface area (Å²) < 4.78 is 36.8. The molecule has 0 aromatic heterocycles. The summed E-state index contributed by atoms with van der Waals surface area (Å²) in [5, 5.41) is 4.13. The molecule has 2 heterocycles. The Bertz CT molecular complexity index is 1210. The first kappa shape index (κ1) is 34.8. The zero-order valence-electron chi connectivity index (χ0n) is 27.4. The number of carbonyl (C=O) groups is 1. The molecule has 2 aromatic carbocycles. The Morgan fingerprint density at radius 1 is 1.00 bits per heavy atom. The molecule has 0 radical (unpaired) electrons. The number of nitrogens with one attached hydrogen (secondary N) is 1. The van der Waals surface area contributed by atoms with Gasteiger partial charge >= 0.3 is 5.97 Å². The minimum absolute atomic E-state index is 0.0436. The van der Waals surface area contributed by atoms with Gasteiger partial charge in [-0.3, -0.25) is 4.79 Å². The van der Waals surface area contributed by atoms with Crippen molar-refractivity contribution in [3.63, 3.8) is 0 Å². The zero-order valence-corrected chi connectivity index (χ0v) is 28.2. The van der Waals surface area contributed by atoms with Crippen molar-refractivity contribution in [3.05, 3.63) is 53.1 Å². The second-order valence-electron chi connectivity index (χ2n) is 12.5. The highest BCUT2D eigenvalue weighted by Gasteiger charge is 2.40. The number of esters is 1. The minimum Gasteiger partial charge on any atom is -0.490 e. The molecule has 3 aliphatic rings. The van der Waals surface area contributed by atoms with Crippen LogP contribution in [0.25, 0.3) is 0 Å². The van der Waals surface area contributed by atoms with Crippen LogP contribution in [0.4, 0.5) is 5.69 Å². The lowest BCUT2D eigenvalue weighted by atomic mass is 9.93. The second kappa shape index (κ2) is 18.1. The van der Waals surface area contributed by atoms with Crippen LogP contribution in [-0.4, -0.2) is 83.0 Å². The third kappa shape index (κ3) is 10.2. The maximum absolute atomic E-state index is 12.8. The Balaban J connectivity index is 1.21. The third-order valence-corrected chi connectivity index (χ3v) is 9.25. The quantitative estimate of drug-likeness (QED) is 0.164. The molecule has 254 valence electrons. The molecule has 0 amide bonds. The normalized spacial score (nSPS) is 24.6. The minimum atomic E-state index is -0.413. The molecule has 0 spiro atoms. The zero-order chi connectivity index (χ0) is 32.1. The number of hydrogen-bond acceptors (Lipinski definition) is 9. The van der Waals surface area contributed by atoms with Gasteiger partial charge in [0.2, 0.25) is 0 Å². The van der Waals surface area contributed by atoms with Gasteiger partial charge in [0.25, 0.3) is 0 Å². The van der Waals surface area contributed by atoms with Gasteiger partial charge in [0, 0.05) is 44.8 Å².